The number of rotatable bonds is 5. The van der Waals surface area contributed by atoms with E-state index in [1.54, 1.807) is 0 Å². The van der Waals surface area contributed by atoms with Crippen molar-refractivity contribution in [2.24, 2.45) is 10.9 Å². The molecule has 1 aliphatic rings. The summed E-state index contributed by atoms with van der Waals surface area (Å²) < 4.78 is 0. The summed E-state index contributed by atoms with van der Waals surface area (Å²) in [5.41, 5.74) is 1.90. The molecule has 0 heterocycles. The molecule has 0 bridgehead atoms. The molecule has 0 radical (unpaired) electrons. The summed E-state index contributed by atoms with van der Waals surface area (Å²) in [5.74, 6) is 1.13. The first-order valence-corrected chi connectivity index (χ1v) is 9.83. The Morgan fingerprint density at radius 1 is 1.19 bits per heavy atom. The third kappa shape index (κ3) is 8.95. The highest BCUT2D eigenvalue weighted by Gasteiger charge is 2.21. The van der Waals surface area contributed by atoms with Crippen molar-refractivity contribution >= 4 is 41.5 Å². The van der Waals surface area contributed by atoms with Crippen molar-refractivity contribution in [3.05, 3.63) is 29.8 Å². The number of aliphatic imine (C=N–C) groups is 1. The molecule has 1 amide bonds. The van der Waals surface area contributed by atoms with Gasteiger partial charge in [-0.3, -0.25) is 4.79 Å². The summed E-state index contributed by atoms with van der Waals surface area (Å²) in [4.78, 5) is 17.1. The number of nitrogens with one attached hydrogen (secondary N) is 3. The number of nitrogens with zero attached hydrogens (tertiary/aromatic N) is 1. The molecule has 5 nitrogen and oxygen atoms in total. The molecular formula is C21H35IN4O. The van der Waals surface area contributed by atoms with Crippen molar-refractivity contribution in [1.29, 1.82) is 0 Å². The van der Waals surface area contributed by atoms with E-state index in [1.807, 2.05) is 24.3 Å². The minimum atomic E-state index is -0.0448. The second-order valence-corrected chi connectivity index (χ2v) is 8.09. The summed E-state index contributed by atoms with van der Waals surface area (Å²) in [7, 11) is 0. The zero-order chi connectivity index (χ0) is 19.0. The van der Waals surface area contributed by atoms with Gasteiger partial charge in [-0.05, 0) is 58.2 Å². The predicted molar refractivity (Wildman–Crippen MR) is 125 cm³/mol. The molecule has 0 atom stereocenters. The average molecular weight is 486 g/mol. The number of hydrogen-bond donors (Lipinski definition) is 3. The molecule has 27 heavy (non-hydrogen) atoms. The lowest BCUT2D eigenvalue weighted by Crippen LogP contribution is -2.47. The summed E-state index contributed by atoms with van der Waals surface area (Å²) in [6.07, 6.45) is 5.62. The van der Waals surface area contributed by atoms with E-state index >= 15 is 0 Å². The van der Waals surface area contributed by atoms with Gasteiger partial charge in [0.2, 0.25) is 5.91 Å². The summed E-state index contributed by atoms with van der Waals surface area (Å²) in [6.45, 7) is 9.78. The highest BCUT2D eigenvalue weighted by Crippen LogP contribution is 2.25. The lowest BCUT2D eigenvalue weighted by molar-refractivity contribution is -0.120. The number of anilines is 1. The molecule has 1 aromatic carbocycles. The fraction of sp³-hybridized carbons (Fsp3) is 0.619. The van der Waals surface area contributed by atoms with Crippen LogP contribution in [0.1, 0.15) is 65.4 Å². The van der Waals surface area contributed by atoms with Crippen LogP contribution in [0.4, 0.5) is 5.69 Å². The van der Waals surface area contributed by atoms with Crippen molar-refractivity contribution in [2.75, 3.05) is 11.9 Å². The van der Waals surface area contributed by atoms with E-state index in [0.29, 0.717) is 6.54 Å². The molecule has 1 aromatic rings. The first-order valence-electron chi connectivity index (χ1n) is 9.83. The summed E-state index contributed by atoms with van der Waals surface area (Å²) in [6, 6.07) is 7.99. The highest BCUT2D eigenvalue weighted by molar-refractivity contribution is 14.0. The standard InChI is InChI=1S/C21H34N4O.HI/c1-5-22-20(25-21(2,3)4)23-15-16-10-9-13-18(14-16)24-19(26)17-11-7-6-8-12-17;/h9-10,13-14,17H,5-8,11-12,15H2,1-4H3,(H,24,26)(H2,22,23,25);1H. The Balaban J connectivity index is 0.00000364. The molecule has 0 saturated heterocycles. The Morgan fingerprint density at radius 3 is 2.52 bits per heavy atom. The van der Waals surface area contributed by atoms with E-state index in [4.69, 9.17) is 0 Å². The molecular weight excluding hydrogens is 451 g/mol. The molecule has 0 aromatic heterocycles. The first-order chi connectivity index (χ1) is 12.4. The Labute approximate surface area is 181 Å². The van der Waals surface area contributed by atoms with Crippen molar-refractivity contribution in [3.63, 3.8) is 0 Å². The first kappa shape index (κ1) is 23.7. The van der Waals surface area contributed by atoms with Gasteiger partial charge >= 0.3 is 0 Å². The van der Waals surface area contributed by atoms with E-state index in [9.17, 15) is 4.79 Å². The number of hydrogen-bond acceptors (Lipinski definition) is 2. The van der Waals surface area contributed by atoms with E-state index in [2.05, 4.69) is 48.6 Å². The van der Waals surface area contributed by atoms with Crippen LogP contribution in [0.25, 0.3) is 0 Å². The number of carbonyl (C=O) groups is 1. The van der Waals surface area contributed by atoms with Crippen LogP contribution in [0.2, 0.25) is 0 Å². The van der Waals surface area contributed by atoms with Crippen molar-refractivity contribution in [1.82, 2.24) is 10.6 Å². The molecule has 6 heteroatoms. The van der Waals surface area contributed by atoms with E-state index in [-0.39, 0.29) is 41.3 Å². The summed E-state index contributed by atoms with van der Waals surface area (Å²) in [5, 5.41) is 9.74. The Hall–Kier alpha value is -1.31. The summed E-state index contributed by atoms with van der Waals surface area (Å²) >= 11 is 0. The lowest BCUT2D eigenvalue weighted by Gasteiger charge is -2.23. The fourth-order valence-electron chi connectivity index (χ4n) is 3.19. The van der Waals surface area contributed by atoms with Crippen LogP contribution in [-0.2, 0) is 11.3 Å². The maximum absolute atomic E-state index is 12.4. The monoisotopic (exact) mass is 486 g/mol. The SMILES string of the molecule is CCNC(=NCc1cccc(NC(=O)C2CCCCC2)c1)NC(C)(C)C.I. The molecule has 152 valence electrons. The van der Waals surface area contributed by atoms with Crippen molar-refractivity contribution < 1.29 is 4.79 Å². The van der Waals surface area contributed by atoms with Gasteiger partial charge in [0, 0.05) is 23.7 Å². The van der Waals surface area contributed by atoms with Gasteiger partial charge in [0.1, 0.15) is 0 Å². The number of carbonyl (C=O) groups excluding carboxylic acids is 1. The topological polar surface area (TPSA) is 65.5 Å². The third-order valence-electron chi connectivity index (χ3n) is 4.43. The molecule has 1 saturated carbocycles. The second kappa shape index (κ2) is 11.5. The fourth-order valence-corrected chi connectivity index (χ4v) is 3.19. The molecule has 0 aliphatic heterocycles. The molecule has 1 aliphatic carbocycles. The Morgan fingerprint density at radius 2 is 1.89 bits per heavy atom. The van der Waals surface area contributed by atoms with Crippen LogP contribution >= 0.6 is 24.0 Å². The minimum Gasteiger partial charge on any atom is -0.357 e. The van der Waals surface area contributed by atoms with E-state index < -0.39 is 0 Å². The van der Waals surface area contributed by atoms with Crippen LogP contribution in [-0.4, -0.2) is 24.0 Å². The van der Waals surface area contributed by atoms with Crippen LogP contribution in [0, 0.1) is 5.92 Å². The lowest BCUT2D eigenvalue weighted by atomic mass is 9.88. The Kier molecular flexibility index (Phi) is 10.1. The number of guanidine groups is 1. The number of amides is 1. The van der Waals surface area contributed by atoms with E-state index in [1.165, 1.54) is 19.3 Å². The van der Waals surface area contributed by atoms with Gasteiger partial charge in [0.15, 0.2) is 5.96 Å². The predicted octanol–water partition coefficient (Wildman–Crippen LogP) is 4.68. The maximum Gasteiger partial charge on any atom is 0.227 e. The normalized spacial score (nSPS) is 15.6. The second-order valence-electron chi connectivity index (χ2n) is 8.09. The van der Waals surface area contributed by atoms with Gasteiger partial charge in [-0.1, -0.05) is 31.4 Å². The van der Waals surface area contributed by atoms with Gasteiger partial charge in [-0.2, -0.15) is 0 Å². The van der Waals surface area contributed by atoms with Gasteiger partial charge in [-0.25, -0.2) is 4.99 Å². The van der Waals surface area contributed by atoms with Crippen molar-refractivity contribution in [3.8, 4) is 0 Å². The van der Waals surface area contributed by atoms with E-state index in [0.717, 1.165) is 36.6 Å². The van der Waals surface area contributed by atoms with Gasteiger partial charge in [-0.15, -0.1) is 24.0 Å². The zero-order valence-corrected chi connectivity index (χ0v) is 19.4. The molecule has 0 unspecified atom stereocenters. The largest absolute Gasteiger partial charge is 0.357 e. The quantitative estimate of drug-likeness (QED) is 0.322. The zero-order valence-electron chi connectivity index (χ0n) is 17.1. The van der Waals surface area contributed by atoms with Crippen molar-refractivity contribution in [2.45, 2.75) is 71.9 Å². The third-order valence-corrected chi connectivity index (χ3v) is 4.43. The van der Waals surface area contributed by atoms with Crippen LogP contribution in [0.3, 0.4) is 0 Å². The minimum absolute atomic E-state index is 0. The Bertz CT molecular complexity index is 619. The van der Waals surface area contributed by atoms with Gasteiger partial charge in [0.25, 0.3) is 0 Å². The number of benzene rings is 1. The van der Waals surface area contributed by atoms with Gasteiger partial charge < -0.3 is 16.0 Å². The maximum atomic E-state index is 12.4. The van der Waals surface area contributed by atoms with Crippen LogP contribution in [0.15, 0.2) is 29.3 Å². The smallest absolute Gasteiger partial charge is 0.227 e. The molecule has 0 spiro atoms. The van der Waals surface area contributed by atoms with Gasteiger partial charge in [0.05, 0.1) is 6.54 Å². The highest BCUT2D eigenvalue weighted by atomic mass is 127. The van der Waals surface area contributed by atoms with Crippen LogP contribution in [0.5, 0.6) is 0 Å². The van der Waals surface area contributed by atoms with Crippen LogP contribution < -0.4 is 16.0 Å². The number of halogens is 1. The molecule has 3 N–H and O–H groups in total. The molecule has 2 rings (SSSR count). The molecule has 1 fully saturated rings. The average Bonchev–Trinajstić information content (AvgIpc) is 2.60.